The second-order valence-electron chi connectivity index (χ2n) is 5.72. The summed E-state index contributed by atoms with van der Waals surface area (Å²) in [5.41, 5.74) is -0.250. The predicted molar refractivity (Wildman–Crippen MR) is 66.0 cm³/mol. The molecular formula is C12H22N2O2. The Bertz CT molecular complexity index is 285. The Hall–Kier alpha value is -1.06. The highest BCUT2D eigenvalue weighted by Crippen LogP contribution is 2.19. The van der Waals surface area contributed by atoms with Crippen molar-refractivity contribution in [2.45, 2.75) is 64.5 Å². The predicted octanol–water partition coefficient (Wildman–Crippen LogP) is 2.28. The molecule has 0 spiro atoms. The van der Waals surface area contributed by atoms with Crippen LogP contribution in [0.5, 0.6) is 0 Å². The van der Waals surface area contributed by atoms with Crippen molar-refractivity contribution in [2.24, 2.45) is 0 Å². The van der Waals surface area contributed by atoms with Gasteiger partial charge < -0.3 is 10.4 Å². The lowest BCUT2D eigenvalue weighted by Crippen LogP contribution is -2.27. The molecule has 4 heteroatoms. The van der Waals surface area contributed by atoms with Crippen LogP contribution in [0.1, 0.15) is 53.4 Å². The summed E-state index contributed by atoms with van der Waals surface area (Å²) >= 11 is 0. The van der Waals surface area contributed by atoms with Crippen molar-refractivity contribution in [1.82, 2.24) is 0 Å². The zero-order chi connectivity index (χ0) is 12.4. The van der Waals surface area contributed by atoms with Gasteiger partial charge in [0.25, 0.3) is 0 Å². The van der Waals surface area contributed by atoms with Gasteiger partial charge in [0.15, 0.2) is 23.5 Å². The fourth-order valence-corrected chi connectivity index (χ4v) is 1.78. The fourth-order valence-electron chi connectivity index (χ4n) is 1.78. The van der Waals surface area contributed by atoms with E-state index in [9.17, 15) is 10.4 Å². The van der Waals surface area contributed by atoms with Crippen LogP contribution in [0, 0.1) is 10.4 Å². The van der Waals surface area contributed by atoms with Gasteiger partial charge in [-0.3, -0.25) is 0 Å². The monoisotopic (exact) mass is 226 g/mol. The highest BCUT2D eigenvalue weighted by atomic mass is 16.5. The Morgan fingerprint density at radius 3 is 1.19 bits per heavy atom. The Morgan fingerprint density at radius 2 is 1.12 bits per heavy atom. The van der Waals surface area contributed by atoms with Gasteiger partial charge in [-0.2, -0.15) is 0 Å². The molecule has 0 unspecified atom stereocenters. The molecule has 0 N–H and O–H groups in total. The minimum Gasteiger partial charge on any atom is -0.624 e. The van der Waals surface area contributed by atoms with Gasteiger partial charge in [-0.15, -0.1) is 0 Å². The van der Waals surface area contributed by atoms with Crippen LogP contribution in [0.2, 0.25) is 0 Å². The maximum atomic E-state index is 10.8. The van der Waals surface area contributed by atoms with Gasteiger partial charge in [0.05, 0.1) is 0 Å². The lowest BCUT2D eigenvalue weighted by Gasteiger charge is -2.16. The molecule has 0 saturated heterocycles. The number of nitrogens with zero attached hydrogens (tertiary/aromatic N) is 2. The summed E-state index contributed by atoms with van der Waals surface area (Å²) in [6.07, 6.45) is 7.29. The van der Waals surface area contributed by atoms with Crippen LogP contribution >= 0.6 is 0 Å². The average Bonchev–Trinajstić information content (AvgIpc) is 2.60. The average molecular weight is 226 g/mol. The van der Waals surface area contributed by atoms with E-state index >= 15 is 0 Å². The Balaban J connectivity index is 0.000000160. The molecule has 2 heterocycles. The maximum Gasteiger partial charge on any atom is 0.167 e. The summed E-state index contributed by atoms with van der Waals surface area (Å²) in [4.78, 5) is 0. The second-order valence-corrected chi connectivity index (χ2v) is 5.72. The molecule has 0 bridgehead atoms. The van der Waals surface area contributed by atoms with Gasteiger partial charge in [0.1, 0.15) is 0 Å². The molecule has 4 nitrogen and oxygen atoms in total. The Kier molecular flexibility index (Phi) is 3.61. The van der Waals surface area contributed by atoms with Crippen LogP contribution in [0.4, 0.5) is 0 Å². The van der Waals surface area contributed by atoms with Crippen molar-refractivity contribution >= 4 is 12.4 Å². The molecule has 0 saturated carbocycles. The van der Waals surface area contributed by atoms with Crippen LogP contribution in [-0.4, -0.2) is 33.0 Å². The fraction of sp³-hybridized carbons (Fsp3) is 0.833. The van der Waals surface area contributed by atoms with Gasteiger partial charge >= 0.3 is 0 Å². The number of hydrogen-bond donors (Lipinski definition) is 0. The zero-order valence-electron chi connectivity index (χ0n) is 10.7. The molecule has 0 aliphatic carbocycles. The molecule has 16 heavy (non-hydrogen) atoms. The molecule has 0 aromatic heterocycles. The molecule has 2 rings (SSSR count). The van der Waals surface area contributed by atoms with Gasteiger partial charge in [-0.1, -0.05) is 0 Å². The first-order chi connectivity index (χ1) is 7.26. The quantitative estimate of drug-likeness (QED) is 0.470. The normalized spacial score (nSPS) is 25.5. The van der Waals surface area contributed by atoms with Crippen LogP contribution in [0.25, 0.3) is 0 Å². The van der Waals surface area contributed by atoms with E-state index in [4.69, 9.17) is 0 Å². The Morgan fingerprint density at radius 1 is 0.812 bits per heavy atom. The van der Waals surface area contributed by atoms with Crippen LogP contribution < -0.4 is 0 Å². The standard InChI is InChI=1S/2C6H11NO/c2*1-6(2)4-3-5-7(6)8/h2*5H,3-4H2,1-2H3. The lowest BCUT2D eigenvalue weighted by atomic mass is 10.0. The molecule has 0 atom stereocenters. The first-order valence-electron chi connectivity index (χ1n) is 5.85. The molecule has 0 fully saturated rings. The van der Waals surface area contributed by atoms with Crippen molar-refractivity contribution in [3.05, 3.63) is 10.4 Å². The highest BCUT2D eigenvalue weighted by molar-refractivity contribution is 5.53. The third-order valence-corrected chi connectivity index (χ3v) is 3.30. The lowest BCUT2D eigenvalue weighted by molar-refractivity contribution is -0.527. The van der Waals surface area contributed by atoms with Crippen LogP contribution in [0.3, 0.4) is 0 Å². The third-order valence-electron chi connectivity index (χ3n) is 3.30. The molecule has 0 aromatic rings. The molecule has 0 amide bonds. The van der Waals surface area contributed by atoms with E-state index in [0.717, 1.165) is 35.2 Å². The largest absolute Gasteiger partial charge is 0.624 e. The number of hydrogen-bond acceptors (Lipinski definition) is 2. The van der Waals surface area contributed by atoms with Gasteiger partial charge in [0, 0.05) is 53.4 Å². The SMILES string of the molecule is CC1(C)CCC=[N+]1[O-].CC1(C)CCC=[N+]1[O-]. The van der Waals surface area contributed by atoms with E-state index in [2.05, 4.69) is 0 Å². The Labute approximate surface area is 97.5 Å². The van der Waals surface area contributed by atoms with Crippen LogP contribution in [-0.2, 0) is 0 Å². The van der Waals surface area contributed by atoms with Crippen molar-refractivity contribution in [1.29, 1.82) is 0 Å². The minimum absolute atomic E-state index is 0.125. The first-order valence-corrected chi connectivity index (χ1v) is 5.85. The first kappa shape index (κ1) is 13.0. The van der Waals surface area contributed by atoms with Crippen molar-refractivity contribution in [2.75, 3.05) is 0 Å². The van der Waals surface area contributed by atoms with Crippen molar-refractivity contribution < 1.29 is 9.48 Å². The van der Waals surface area contributed by atoms with Crippen molar-refractivity contribution in [3.63, 3.8) is 0 Å². The summed E-state index contributed by atoms with van der Waals surface area (Å²) in [7, 11) is 0. The summed E-state index contributed by atoms with van der Waals surface area (Å²) in [6, 6.07) is 0. The molecule has 92 valence electrons. The minimum atomic E-state index is -0.125. The summed E-state index contributed by atoms with van der Waals surface area (Å²) < 4.78 is 2.10. The third kappa shape index (κ3) is 2.97. The number of hydroxylamine groups is 2. The van der Waals surface area contributed by atoms with Gasteiger partial charge in [-0.25, -0.2) is 9.48 Å². The zero-order valence-corrected chi connectivity index (χ0v) is 10.7. The van der Waals surface area contributed by atoms with E-state index in [0.29, 0.717) is 0 Å². The van der Waals surface area contributed by atoms with E-state index in [1.807, 2.05) is 27.7 Å². The highest BCUT2D eigenvalue weighted by Gasteiger charge is 2.30. The summed E-state index contributed by atoms with van der Waals surface area (Å²) in [5.74, 6) is 0. The van der Waals surface area contributed by atoms with Crippen LogP contribution in [0.15, 0.2) is 0 Å². The summed E-state index contributed by atoms with van der Waals surface area (Å²) in [6.45, 7) is 7.85. The van der Waals surface area contributed by atoms with E-state index < -0.39 is 0 Å². The molecule has 0 aromatic carbocycles. The van der Waals surface area contributed by atoms with E-state index in [1.54, 1.807) is 12.4 Å². The topological polar surface area (TPSA) is 52.1 Å². The molecule has 2 aliphatic rings. The van der Waals surface area contributed by atoms with E-state index in [1.165, 1.54) is 0 Å². The van der Waals surface area contributed by atoms with Gasteiger partial charge in [0.2, 0.25) is 0 Å². The molecule has 2 aliphatic heterocycles. The molecular weight excluding hydrogens is 204 g/mol. The number of rotatable bonds is 0. The van der Waals surface area contributed by atoms with Crippen molar-refractivity contribution in [3.8, 4) is 0 Å². The second kappa shape index (κ2) is 4.44. The van der Waals surface area contributed by atoms with Gasteiger partial charge in [-0.05, 0) is 0 Å². The summed E-state index contributed by atoms with van der Waals surface area (Å²) in [5, 5.41) is 21.5. The maximum absolute atomic E-state index is 10.8. The van der Waals surface area contributed by atoms with E-state index in [-0.39, 0.29) is 11.1 Å². The smallest absolute Gasteiger partial charge is 0.167 e. The molecule has 0 radical (unpaired) electrons.